The fraction of sp³-hybridized carbons (Fsp3) is 0.571. The lowest BCUT2D eigenvalue weighted by molar-refractivity contribution is 0.161. The Kier molecular flexibility index (Phi) is 7.03. The van der Waals surface area contributed by atoms with Gasteiger partial charge in [-0.15, -0.1) is 0 Å². The number of anilines is 1. The summed E-state index contributed by atoms with van der Waals surface area (Å²) >= 11 is 0. The molecule has 3 heterocycles. The van der Waals surface area contributed by atoms with Crippen molar-refractivity contribution < 1.29 is 4.79 Å². The molecule has 3 rings (SSSR count). The van der Waals surface area contributed by atoms with E-state index in [9.17, 15) is 4.79 Å². The van der Waals surface area contributed by atoms with Gasteiger partial charge in [-0.3, -0.25) is 14.6 Å². The number of hydrogen-bond donors (Lipinski definition) is 2. The first-order valence-electron chi connectivity index (χ1n) is 10.3. The number of carbonyl (C=O) groups excluding carboxylic acids is 1. The van der Waals surface area contributed by atoms with Crippen molar-refractivity contribution in [2.24, 2.45) is 0 Å². The van der Waals surface area contributed by atoms with Gasteiger partial charge in [-0.25, -0.2) is 4.79 Å². The number of piperidine rings is 1. The first-order valence-corrected chi connectivity index (χ1v) is 10.3. The number of aromatic nitrogens is 3. The summed E-state index contributed by atoms with van der Waals surface area (Å²) in [6, 6.07) is 4.01. The summed E-state index contributed by atoms with van der Waals surface area (Å²) in [6.07, 6.45) is 8.40. The summed E-state index contributed by atoms with van der Waals surface area (Å²) < 4.78 is 1.96. The van der Waals surface area contributed by atoms with Gasteiger partial charge in [0.2, 0.25) is 0 Å². The number of hydrogen-bond acceptors (Lipinski definition) is 4. The standard InChI is InChI=1S/C21H32N6O/c1-4-11-27-17(3)20(16(2)25-27)24-21(28)23-15-19(18-9-8-10-22-14-18)26-12-6-5-7-13-26/h8-10,14,19H,4-7,11-13,15H2,1-3H3,(H2,23,24,28). The van der Waals surface area contributed by atoms with Crippen LogP contribution in [0.3, 0.4) is 0 Å². The summed E-state index contributed by atoms with van der Waals surface area (Å²) in [5, 5.41) is 10.6. The molecule has 7 nitrogen and oxygen atoms in total. The van der Waals surface area contributed by atoms with E-state index < -0.39 is 0 Å². The third kappa shape index (κ3) is 4.90. The van der Waals surface area contributed by atoms with Crippen LogP contribution in [0.4, 0.5) is 10.5 Å². The van der Waals surface area contributed by atoms with Gasteiger partial charge < -0.3 is 10.6 Å². The number of pyridine rings is 1. The zero-order valence-electron chi connectivity index (χ0n) is 17.2. The van der Waals surface area contributed by atoms with Gasteiger partial charge in [0.15, 0.2) is 0 Å². The molecule has 0 aliphatic carbocycles. The number of nitrogens with one attached hydrogen (secondary N) is 2. The lowest BCUT2D eigenvalue weighted by Gasteiger charge is -2.34. The zero-order valence-corrected chi connectivity index (χ0v) is 17.2. The van der Waals surface area contributed by atoms with Crippen molar-refractivity contribution in [2.75, 3.05) is 25.0 Å². The molecule has 28 heavy (non-hydrogen) atoms. The molecule has 2 aromatic heterocycles. The molecule has 7 heteroatoms. The van der Waals surface area contributed by atoms with E-state index in [1.54, 1.807) is 6.20 Å². The molecule has 0 bridgehead atoms. The van der Waals surface area contributed by atoms with Crippen molar-refractivity contribution in [3.63, 3.8) is 0 Å². The number of aryl methyl sites for hydroxylation is 2. The van der Waals surface area contributed by atoms with Crippen LogP contribution in [-0.4, -0.2) is 45.3 Å². The molecule has 0 saturated carbocycles. The minimum Gasteiger partial charge on any atom is -0.336 e. The van der Waals surface area contributed by atoms with Crippen LogP contribution in [0, 0.1) is 13.8 Å². The molecule has 1 aliphatic heterocycles. The highest BCUT2D eigenvalue weighted by Gasteiger charge is 2.23. The van der Waals surface area contributed by atoms with E-state index in [-0.39, 0.29) is 12.1 Å². The molecule has 1 atom stereocenters. The van der Waals surface area contributed by atoms with E-state index in [0.29, 0.717) is 6.54 Å². The molecule has 0 spiro atoms. The Morgan fingerprint density at radius 2 is 2.04 bits per heavy atom. The predicted molar refractivity (Wildman–Crippen MR) is 111 cm³/mol. The minimum absolute atomic E-state index is 0.143. The third-order valence-electron chi connectivity index (χ3n) is 5.41. The van der Waals surface area contributed by atoms with Crippen molar-refractivity contribution in [1.29, 1.82) is 0 Å². The van der Waals surface area contributed by atoms with Crippen molar-refractivity contribution in [3.8, 4) is 0 Å². The van der Waals surface area contributed by atoms with Gasteiger partial charge in [0.05, 0.1) is 23.1 Å². The van der Waals surface area contributed by atoms with Crippen LogP contribution in [0.15, 0.2) is 24.5 Å². The fourth-order valence-corrected chi connectivity index (χ4v) is 3.92. The summed E-state index contributed by atoms with van der Waals surface area (Å²) in [7, 11) is 0. The van der Waals surface area contributed by atoms with Gasteiger partial charge in [-0.05, 0) is 57.8 Å². The first-order chi connectivity index (χ1) is 13.6. The van der Waals surface area contributed by atoms with Crippen molar-refractivity contribution in [1.82, 2.24) is 25.0 Å². The third-order valence-corrected chi connectivity index (χ3v) is 5.41. The zero-order chi connectivity index (χ0) is 19.9. The summed E-state index contributed by atoms with van der Waals surface area (Å²) in [6.45, 7) is 9.58. The number of likely N-dealkylation sites (tertiary alicyclic amines) is 1. The molecule has 1 saturated heterocycles. The van der Waals surface area contributed by atoms with E-state index in [2.05, 4.69) is 38.6 Å². The molecule has 0 aromatic carbocycles. The summed E-state index contributed by atoms with van der Waals surface area (Å²) in [5.74, 6) is 0. The van der Waals surface area contributed by atoms with E-state index in [1.165, 1.54) is 19.3 Å². The maximum atomic E-state index is 12.6. The number of carbonyl (C=O) groups is 1. The first kappa shape index (κ1) is 20.3. The number of urea groups is 1. The van der Waals surface area contributed by atoms with Crippen molar-refractivity contribution in [3.05, 3.63) is 41.5 Å². The normalized spacial score (nSPS) is 16.0. The Labute approximate surface area is 167 Å². The Morgan fingerprint density at radius 3 is 2.71 bits per heavy atom. The Balaban J connectivity index is 1.65. The van der Waals surface area contributed by atoms with Crippen molar-refractivity contribution in [2.45, 2.75) is 59.0 Å². The Morgan fingerprint density at radius 1 is 1.25 bits per heavy atom. The van der Waals surface area contributed by atoms with Crippen LogP contribution in [0.25, 0.3) is 0 Å². The molecule has 0 radical (unpaired) electrons. The maximum Gasteiger partial charge on any atom is 0.319 e. The molecule has 1 unspecified atom stereocenters. The van der Waals surface area contributed by atoms with Gasteiger partial charge in [0.25, 0.3) is 0 Å². The van der Waals surface area contributed by atoms with Crippen LogP contribution < -0.4 is 10.6 Å². The van der Waals surface area contributed by atoms with Crippen LogP contribution in [-0.2, 0) is 6.54 Å². The van der Waals surface area contributed by atoms with Crippen LogP contribution in [0.1, 0.15) is 55.6 Å². The average molecular weight is 385 g/mol. The maximum absolute atomic E-state index is 12.6. The average Bonchev–Trinajstić information content (AvgIpc) is 2.97. The molecule has 2 aromatic rings. The summed E-state index contributed by atoms with van der Waals surface area (Å²) in [4.78, 5) is 19.3. The van der Waals surface area contributed by atoms with Gasteiger partial charge in [-0.1, -0.05) is 19.4 Å². The Bertz CT molecular complexity index is 767. The minimum atomic E-state index is -0.187. The van der Waals surface area contributed by atoms with Gasteiger partial charge in [0, 0.05) is 25.5 Å². The van der Waals surface area contributed by atoms with E-state index in [4.69, 9.17) is 0 Å². The molecule has 152 valence electrons. The highest BCUT2D eigenvalue weighted by Crippen LogP contribution is 2.24. The second-order valence-corrected chi connectivity index (χ2v) is 7.50. The van der Waals surface area contributed by atoms with Gasteiger partial charge in [-0.2, -0.15) is 5.10 Å². The lowest BCUT2D eigenvalue weighted by Crippen LogP contribution is -2.41. The van der Waals surface area contributed by atoms with E-state index >= 15 is 0 Å². The summed E-state index contributed by atoms with van der Waals surface area (Å²) in [5.41, 5.74) is 3.80. The highest BCUT2D eigenvalue weighted by molar-refractivity contribution is 5.90. The molecular formula is C21H32N6O. The number of rotatable bonds is 7. The van der Waals surface area contributed by atoms with Crippen LogP contribution in [0.5, 0.6) is 0 Å². The van der Waals surface area contributed by atoms with Crippen LogP contribution in [0.2, 0.25) is 0 Å². The van der Waals surface area contributed by atoms with Gasteiger partial charge >= 0.3 is 6.03 Å². The van der Waals surface area contributed by atoms with E-state index in [0.717, 1.165) is 48.7 Å². The topological polar surface area (TPSA) is 75.1 Å². The van der Waals surface area contributed by atoms with Crippen LogP contribution >= 0.6 is 0 Å². The van der Waals surface area contributed by atoms with Gasteiger partial charge in [0.1, 0.15) is 0 Å². The molecule has 1 aliphatic rings. The molecule has 2 N–H and O–H groups in total. The smallest absolute Gasteiger partial charge is 0.319 e. The fourth-order valence-electron chi connectivity index (χ4n) is 3.92. The second kappa shape index (κ2) is 9.68. The predicted octanol–water partition coefficient (Wildman–Crippen LogP) is 3.65. The second-order valence-electron chi connectivity index (χ2n) is 7.50. The quantitative estimate of drug-likeness (QED) is 0.764. The largest absolute Gasteiger partial charge is 0.336 e. The Hall–Kier alpha value is -2.41. The molecule has 1 fully saturated rings. The van der Waals surface area contributed by atoms with E-state index in [1.807, 2.05) is 30.8 Å². The number of nitrogens with zero attached hydrogens (tertiary/aromatic N) is 4. The highest BCUT2D eigenvalue weighted by atomic mass is 16.2. The van der Waals surface area contributed by atoms with Crippen molar-refractivity contribution >= 4 is 11.7 Å². The lowest BCUT2D eigenvalue weighted by atomic mass is 10.0. The SMILES string of the molecule is CCCn1nc(C)c(NC(=O)NCC(c2cccnc2)N2CCCCC2)c1C. The molecule has 2 amide bonds. The monoisotopic (exact) mass is 384 g/mol. The molecular weight excluding hydrogens is 352 g/mol. The number of amides is 2.